The van der Waals surface area contributed by atoms with Gasteiger partial charge < -0.3 is 20.1 Å². The Morgan fingerprint density at radius 2 is 2.12 bits per heavy atom. The third kappa shape index (κ3) is 5.36. The minimum atomic E-state index is 0.298. The summed E-state index contributed by atoms with van der Waals surface area (Å²) in [6.07, 6.45) is 3.26. The average Bonchev–Trinajstić information content (AvgIpc) is 3.27. The van der Waals surface area contributed by atoms with Crippen LogP contribution < -0.4 is 20.1 Å². The third-order valence-corrected chi connectivity index (χ3v) is 5.00. The molecule has 140 valence electrons. The number of rotatable bonds is 8. The van der Waals surface area contributed by atoms with Crippen LogP contribution in [0.3, 0.4) is 0 Å². The first-order valence-corrected chi connectivity index (χ1v) is 9.94. The summed E-state index contributed by atoms with van der Waals surface area (Å²) < 4.78 is 10.8. The van der Waals surface area contributed by atoms with E-state index in [4.69, 9.17) is 9.47 Å². The van der Waals surface area contributed by atoms with E-state index in [-0.39, 0.29) is 0 Å². The van der Waals surface area contributed by atoms with Gasteiger partial charge in [0, 0.05) is 24.2 Å². The molecule has 2 N–H and O–H groups in total. The first-order valence-electron chi connectivity index (χ1n) is 9.06. The summed E-state index contributed by atoms with van der Waals surface area (Å²) in [5.41, 5.74) is 2.22. The number of nitrogens with one attached hydrogen (secondary N) is 2. The number of thiazole rings is 1. The van der Waals surface area contributed by atoms with Crippen molar-refractivity contribution in [2.75, 3.05) is 19.9 Å². The van der Waals surface area contributed by atoms with Crippen LogP contribution in [0.1, 0.15) is 36.0 Å². The molecule has 0 spiro atoms. The number of aliphatic imine (C=N–C) groups is 1. The number of fused-ring (bicyclic) bond motifs is 1. The van der Waals surface area contributed by atoms with Crippen molar-refractivity contribution in [2.45, 2.75) is 39.7 Å². The van der Waals surface area contributed by atoms with Crippen LogP contribution in [-0.4, -0.2) is 30.8 Å². The molecule has 1 aliphatic rings. The lowest BCUT2D eigenvalue weighted by atomic mass is 10.2. The van der Waals surface area contributed by atoms with Gasteiger partial charge in [0.2, 0.25) is 6.79 Å². The van der Waals surface area contributed by atoms with Crippen LogP contribution in [-0.2, 0) is 13.0 Å². The predicted octanol–water partition coefficient (Wildman–Crippen LogP) is 3.26. The van der Waals surface area contributed by atoms with E-state index in [0.29, 0.717) is 13.3 Å². The molecule has 0 unspecified atom stereocenters. The van der Waals surface area contributed by atoms with Crippen molar-refractivity contribution in [3.63, 3.8) is 0 Å². The molecule has 0 atom stereocenters. The lowest BCUT2D eigenvalue weighted by molar-refractivity contribution is 0.174. The van der Waals surface area contributed by atoms with Crippen molar-refractivity contribution >= 4 is 17.3 Å². The van der Waals surface area contributed by atoms with Crippen LogP contribution in [0.2, 0.25) is 0 Å². The van der Waals surface area contributed by atoms with E-state index < -0.39 is 0 Å². The second-order valence-corrected chi connectivity index (χ2v) is 7.09. The van der Waals surface area contributed by atoms with Crippen LogP contribution >= 0.6 is 11.3 Å². The first kappa shape index (κ1) is 18.5. The van der Waals surface area contributed by atoms with Gasteiger partial charge in [0.15, 0.2) is 17.5 Å². The maximum Gasteiger partial charge on any atom is 0.231 e. The molecule has 3 rings (SSSR count). The zero-order valence-electron chi connectivity index (χ0n) is 15.4. The average molecular weight is 375 g/mol. The maximum absolute atomic E-state index is 5.42. The lowest BCUT2D eigenvalue weighted by Gasteiger charge is -2.11. The number of hydrogen-bond acceptors (Lipinski definition) is 5. The van der Waals surface area contributed by atoms with E-state index in [2.05, 4.69) is 32.9 Å². The summed E-state index contributed by atoms with van der Waals surface area (Å²) in [4.78, 5) is 9.16. The van der Waals surface area contributed by atoms with Crippen molar-refractivity contribution < 1.29 is 9.47 Å². The van der Waals surface area contributed by atoms with E-state index in [1.165, 1.54) is 5.01 Å². The van der Waals surface area contributed by atoms with Crippen LogP contribution in [0.15, 0.2) is 28.6 Å². The molecule has 0 bridgehead atoms. The van der Waals surface area contributed by atoms with Gasteiger partial charge in [-0.3, -0.25) is 0 Å². The molecule has 0 amide bonds. The van der Waals surface area contributed by atoms with Gasteiger partial charge in [-0.25, -0.2) is 9.98 Å². The van der Waals surface area contributed by atoms with Gasteiger partial charge in [-0.15, -0.1) is 11.3 Å². The molecule has 2 aromatic rings. The topological polar surface area (TPSA) is 67.8 Å². The molecular formula is C19H26N4O2S. The quantitative estimate of drug-likeness (QED) is 0.422. The van der Waals surface area contributed by atoms with Crippen molar-refractivity contribution in [1.29, 1.82) is 0 Å². The first-order chi connectivity index (χ1) is 12.7. The molecule has 0 saturated carbocycles. The van der Waals surface area contributed by atoms with E-state index in [0.717, 1.165) is 61.1 Å². The Morgan fingerprint density at radius 1 is 1.23 bits per heavy atom. The Balaban J connectivity index is 1.43. The number of ether oxygens (including phenoxy) is 2. The molecule has 7 heteroatoms. The Labute approximate surface area is 158 Å². The van der Waals surface area contributed by atoms with Crippen LogP contribution in [0.25, 0.3) is 0 Å². The van der Waals surface area contributed by atoms with Crippen molar-refractivity contribution in [3.8, 4) is 11.5 Å². The van der Waals surface area contributed by atoms with Gasteiger partial charge in [0.1, 0.15) is 0 Å². The lowest BCUT2D eigenvalue weighted by Crippen LogP contribution is -2.37. The van der Waals surface area contributed by atoms with Gasteiger partial charge in [0.25, 0.3) is 0 Å². The van der Waals surface area contributed by atoms with Crippen LogP contribution in [0.5, 0.6) is 11.5 Å². The van der Waals surface area contributed by atoms with Crippen LogP contribution in [0, 0.1) is 6.92 Å². The number of hydrogen-bond donors (Lipinski definition) is 2. The zero-order chi connectivity index (χ0) is 18.2. The fourth-order valence-corrected chi connectivity index (χ4v) is 3.50. The molecule has 2 heterocycles. The Morgan fingerprint density at radius 3 is 2.92 bits per heavy atom. The molecule has 6 nitrogen and oxygen atoms in total. The fourth-order valence-electron chi connectivity index (χ4n) is 2.68. The van der Waals surface area contributed by atoms with Crippen molar-refractivity contribution in [2.24, 2.45) is 4.99 Å². The highest BCUT2D eigenvalue weighted by atomic mass is 32.1. The standard InChI is InChI=1S/C19H26N4O2S/c1-3-20-19(21-9-5-4-6-18-23-14(2)12-26-18)22-11-15-7-8-16-17(10-15)25-13-24-16/h7-8,10,12H,3-6,9,11,13H2,1-2H3,(H2,20,21,22). The van der Waals surface area contributed by atoms with E-state index in [9.17, 15) is 0 Å². The van der Waals surface area contributed by atoms with Gasteiger partial charge in [-0.05, 0) is 50.8 Å². The van der Waals surface area contributed by atoms with Gasteiger partial charge in [0.05, 0.1) is 11.6 Å². The molecule has 0 aliphatic carbocycles. The number of aryl methyl sites for hydroxylation is 2. The van der Waals surface area contributed by atoms with Crippen molar-refractivity contribution in [3.05, 3.63) is 39.8 Å². The number of guanidine groups is 1. The van der Waals surface area contributed by atoms with E-state index in [1.807, 2.05) is 25.1 Å². The highest BCUT2D eigenvalue weighted by molar-refractivity contribution is 7.09. The fraction of sp³-hybridized carbons (Fsp3) is 0.474. The molecule has 0 saturated heterocycles. The molecule has 1 aliphatic heterocycles. The third-order valence-electron chi connectivity index (χ3n) is 3.98. The molecule has 0 radical (unpaired) electrons. The monoisotopic (exact) mass is 374 g/mol. The van der Waals surface area contributed by atoms with E-state index in [1.54, 1.807) is 11.3 Å². The summed E-state index contributed by atoms with van der Waals surface area (Å²) in [7, 11) is 0. The van der Waals surface area contributed by atoms with Gasteiger partial charge in [-0.2, -0.15) is 0 Å². The van der Waals surface area contributed by atoms with Crippen molar-refractivity contribution in [1.82, 2.24) is 15.6 Å². The summed E-state index contributed by atoms with van der Waals surface area (Å²) in [6, 6.07) is 5.95. The molecular weight excluding hydrogens is 348 g/mol. The number of unbranched alkanes of at least 4 members (excludes halogenated alkanes) is 1. The molecule has 0 fully saturated rings. The largest absolute Gasteiger partial charge is 0.454 e. The van der Waals surface area contributed by atoms with Gasteiger partial charge in [-0.1, -0.05) is 6.07 Å². The van der Waals surface area contributed by atoms with Crippen LogP contribution in [0.4, 0.5) is 0 Å². The Kier molecular flexibility index (Phi) is 6.71. The highest BCUT2D eigenvalue weighted by Crippen LogP contribution is 2.32. The normalized spacial score (nSPS) is 13.1. The van der Waals surface area contributed by atoms with Gasteiger partial charge >= 0.3 is 0 Å². The number of aromatic nitrogens is 1. The smallest absolute Gasteiger partial charge is 0.231 e. The summed E-state index contributed by atoms with van der Waals surface area (Å²) in [5.74, 6) is 2.45. The Hall–Kier alpha value is -2.28. The maximum atomic E-state index is 5.42. The molecule has 1 aromatic carbocycles. The minimum absolute atomic E-state index is 0.298. The summed E-state index contributed by atoms with van der Waals surface area (Å²) in [6.45, 7) is 6.75. The highest BCUT2D eigenvalue weighted by Gasteiger charge is 2.12. The van der Waals surface area contributed by atoms with E-state index >= 15 is 0 Å². The molecule has 1 aromatic heterocycles. The second kappa shape index (κ2) is 9.43. The Bertz CT molecular complexity index is 745. The second-order valence-electron chi connectivity index (χ2n) is 6.15. The number of nitrogens with zero attached hydrogens (tertiary/aromatic N) is 2. The zero-order valence-corrected chi connectivity index (χ0v) is 16.2. The summed E-state index contributed by atoms with van der Waals surface area (Å²) in [5, 5.41) is 10.0. The summed E-state index contributed by atoms with van der Waals surface area (Å²) >= 11 is 1.75. The number of benzene rings is 1. The SMILES string of the molecule is CCNC(=NCc1ccc2c(c1)OCO2)NCCCCc1nc(C)cs1. The predicted molar refractivity (Wildman–Crippen MR) is 105 cm³/mol. The molecule has 26 heavy (non-hydrogen) atoms. The minimum Gasteiger partial charge on any atom is -0.454 e.